The third kappa shape index (κ3) is 2.97. The van der Waals surface area contributed by atoms with Crippen LogP contribution in [0.25, 0.3) is 0 Å². The lowest BCUT2D eigenvalue weighted by Crippen LogP contribution is -2.44. The zero-order valence-electron chi connectivity index (χ0n) is 9.84. The number of carbonyl (C=O) groups excluding carboxylic acids is 1. The summed E-state index contributed by atoms with van der Waals surface area (Å²) in [6.45, 7) is 4.12. The number of rotatable bonds is 6. The topological polar surface area (TPSA) is 59.5 Å². The summed E-state index contributed by atoms with van der Waals surface area (Å²) in [5.41, 5.74) is 5.83. The molecule has 1 aromatic rings. The van der Waals surface area contributed by atoms with Crippen LogP contribution < -0.4 is 5.73 Å². The van der Waals surface area contributed by atoms with Crippen molar-refractivity contribution in [3.05, 3.63) is 36.8 Å². The molecule has 2 rings (SSSR count). The lowest BCUT2D eigenvalue weighted by molar-refractivity contribution is -0.134. The number of hydrogen-bond donors (Lipinski definition) is 1. The Hall–Kier alpha value is -1.55. The SMILES string of the molecule is C=CCC(N)C(=O)N(Cc1ccco1)C1CC1. The average molecular weight is 234 g/mol. The summed E-state index contributed by atoms with van der Waals surface area (Å²) in [6.07, 6.45) is 5.94. The zero-order chi connectivity index (χ0) is 12.3. The highest BCUT2D eigenvalue weighted by Crippen LogP contribution is 2.29. The van der Waals surface area contributed by atoms with Crippen molar-refractivity contribution in [3.63, 3.8) is 0 Å². The van der Waals surface area contributed by atoms with Gasteiger partial charge in [0.15, 0.2) is 0 Å². The van der Waals surface area contributed by atoms with Gasteiger partial charge in [-0.3, -0.25) is 4.79 Å². The molecule has 92 valence electrons. The van der Waals surface area contributed by atoms with Gasteiger partial charge in [0.2, 0.25) is 5.91 Å². The van der Waals surface area contributed by atoms with E-state index in [9.17, 15) is 4.79 Å². The molecule has 17 heavy (non-hydrogen) atoms. The molecule has 1 heterocycles. The van der Waals surface area contributed by atoms with Crippen LogP contribution in [-0.2, 0) is 11.3 Å². The van der Waals surface area contributed by atoms with Crippen molar-refractivity contribution in [1.29, 1.82) is 0 Å². The minimum Gasteiger partial charge on any atom is -0.467 e. The van der Waals surface area contributed by atoms with Gasteiger partial charge in [-0.05, 0) is 31.4 Å². The molecule has 1 saturated carbocycles. The second-order valence-electron chi connectivity index (χ2n) is 4.41. The Bertz CT molecular complexity index is 382. The van der Waals surface area contributed by atoms with Gasteiger partial charge in [0, 0.05) is 6.04 Å². The van der Waals surface area contributed by atoms with Crippen molar-refractivity contribution in [3.8, 4) is 0 Å². The molecule has 4 nitrogen and oxygen atoms in total. The summed E-state index contributed by atoms with van der Waals surface area (Å²) in [4.78, 5) is 14.0. The Morgan fingerprint density at radius 2 is 2.47 bits per heavy atom. The normalized spacial score (nSPS) is 16.5. The van der Waals surface area contributed by atoms with Crippen molar-refractivity contribution >= 4 is 5.91 Å². The molecule has 1 fully saturated rings. The van der Waals surface area contributed by atoms with Crippen molar-refractivity contribution < 1.29 is 9.21 Å². The molecule has 0 aliphatic heterocycles. The first-order chi connectivity index (χ1) is 8.22. The monoisotopic (exact) mass is 234 g/mol. The number of amides is 1. The predicted molar refractivity (Wildman–Crippen MR) is 65.1 cm³/mol. The number of furan rings is 1. The van der Waals surface area contributed by atoms with E-state index in [-0.39, 0.29) is 5.91 Å². The van der Waals surface area contributed by atoms with Crippen LogP contribution in [0.3, 0.4) is 0 Å². The molecule has 0 spiro atoms. The molecule has 2 N–H and O–H groups in total. The van der Waals surface area contributed by atoms with Gasteiger partial charge >= 0.3 is 0 Å². The van der Waals surface area contributed by atoms with Crippen molar-refractivity contribution in [2.75, 3.05) is 0 Å². The van der Waals surface area contributed by atoms with E-state index in [0.717, 1.165) is 18.6 Å². The molecule has 1 aromatic heterocycles. The number of hydrogen-bond acceptors (Lipinski definition) is 3. The fourth-order valence-corrected chi connectivity index (χ4v) is 1.84. The Balaban J connectivity index is 2.01. The molecular formula is C13H18N2O2. The third-order valence-electron chi connectivity index (χ3n) is 2.91. The molecule has 1 aliphatic carbocycles. The van der Waals surface area contributed by atoms with Crippen LogP contribution in [0.4, 0.5) is 0 Å². The minimum absolute atomic E-state index is 0.0104. The van der Waals surface area contributed by atoms with Gasteiger partial charge < -0.3 is 15.1 Å². The summed E-state index contributed by atoms with van der Waals surface area (Å²) in [7, 11) is 0. The maximum absolute atomic E-state index is 12.2. The van der Waals surface area contributed by atoms with Crippen molar-refractivity contribution in [2.24, 2.45) is 5.73 Å². The second kappa shape index (κ2) is 5.19. The standard InChI is InChI=1S/C13H18N2O2/c1-2-4-12(14)13(16)15(10-6-7-10)9-11-5-3-8-17-11/h2-3,5,8,10,12H,1,4,6-7,9,14H2. The Morgan fingerprint density at radius 1 is 1.71 bits per heavy atom. The van der Waals surface area contributed by atoms with Gasteiger partial charge in [-0.15, -0.1) is 6.58 Å². The summed E-state index contributed by atoms with van der Waals surface area (Å²) in [5, 5.41) is 0. The molecule has 1 atom stereocenters. The van der Waals surface area contributed by atoms with Gasteiger partial charge in [-0.2, -0.15) is 0 Å². The largest absolute Gasteiger partial charge is 0.467 e. The fraction of sp³-hybridized carbons (Fsp3) is 0.462. The van der Waals surface area contributed by atoms with Crippen LogP contribution in [0.15, 0.2) is 35.5 Å². The van der Waals surface area contributed by atoms with E-state index >= 15 is 0 Å². The van der Waals surface area contributed by atoms with Crippen LogP contribution in [0, 0.1) is 0 Å². The Kier molecular flexibility index (Phi) is 3.64. The Morgan fingerprint density at radius 3 is 3.00 bits per heavy atom. The first kappa shape index (κ1) is 11.9. The fourth-order valence-electron chi connectivity index (χ4n) is 1.84. The summed E-state index contributed by atoms with van der Waals surface area (Å²) in [5.74, 6) is 0.792. The molecule has 1 amide bonds. The minimum atomic E-state index is -0.483. The smallest absolute Gasteiger partial charge is 0.240 e. The maximum Gasteiger partial charge on any atom is 0.240 e. The molecule has 1 unspecified atom stereocenters. The van der Waals surface area contributed by atoms with Gasteiger partial charge in [0.25, 0.3) is 0 Å². The lowest BCUT2D eigenvalue weighted by atomic mass is 10.2. The Labute approximate surface area is 101 Å². The molecule has 0 aromatic carbocycles. The highest BCUT2D eigenvalue weighted by molar-refractivity contribution is 5.82. The predicted octanol–water partition coefficient (Wildman–Crippen LogP) is 1.67. The van der Waals surface area contributed by atoms with E-state index < -0.39 is 6.04 Å². The molecule has 4 heteroatoms. The average Bonchev–Trinajstić information content (AvgIpc) is 3.03. The lowest BCUT2D eigenvalue weighted by Gasteiger charge is -2.24. The summed E-state index contributed by atoms with van der Waals surface area (Å²) < 4.78 is 5.28. The van der Waals surface area contributed by atoms with Crippen LogP contribution in [-0.4, -0.2) is 22.9 Å². The number of carbonyl (C=O) groups is 1. The summed E-state index contributed by atoms with van der Waals surface area (Å²) in [6, 6.07) is 3.56. The summed E-state index contributed by atoms with van der Waals surface area (Å²) >= 11 is 0. The quantitative estimate of drug-likeness (QED) is 0.762. The van der Waals surface area contributed by atoms with E-state index in [0.29, 0.717) is 19.0 Å². The van der Waals surface area contributed by atoms with Crippen LogP contribution in [0.5, 0.6) is 0 Å². The highest BCUT2D eigenvalue weighted by atomic mass is 16.3. The van der Waals surface area contributed by atoms with Gasteiger partial charge in [-0.25, -0.2) is 0 Å². The van der Waals surface area contributed by atoms with E-state index in [1.54, 1.807) is 12.3 Å². The van der Waals surface area contributed by atoms with E-state index in [1.807, 2.05) is 17.0 Å². The van der Waals surface area contributed by atoms with E-state index in [4.69, 9.17) is 10.2 Å². The molecular weight excluding hydrogens is 216 g/mol. The third-order valence-corrected chi connectivity index (χ3v) is 2.91. The van der Waals surface area contributed by atoms with Crippen molar-refractivity contribution in [2.45, 2.75) is 37.9 Å². The van der Waals surface area contributed by atoms with E-state index in [1.165, 1.54) is 0 Å². The molecule has 0 saturated heterocycles. The zero-order valence-corrected chi connectivity index (χ0v) is 9.84. The van der Waals surface area contributed by atoms with Crippen LogP contribution in [0.2, 0.25) is 0 Å². The molecule has 0 bridgehead atoms. The van der Waals surface area contributed by atoms with Crippen LogP contribution in [0.1, 0.15) is 25.0 Å². The van der Waals surface area contributed by atoms with Gasteiger partial charge in [0.1, 0.15) is 5.76 Å². The second-order valence-corrected chi connectivity index (χ2v) is 4.41. The number of nitrogens with two attached hydrogens (primary N) is 1. The van der Waals surface area contributed by atoms with Crippen LogP contribution >= 0.6 is 0 Å². The molecule has 1 aliphatic rings. The van der Waals surface area contributed by atoms with Gasteiger partial charge in [0.05, 0.1) is 18.8 Å². The number of nitrogens with zero attached hydrogens (tertiary/aromatic N) is 1. The van der Waals surface area contributed by atoms with Crippen molar-refractivity contribution in [1.82, 2.24) is 4.90 Å². The first-order valence-electron chi connectivity index (χ1n) is 5.91. The van der Waals surface area contributed by atoms with Gasteiger partial charge in [-0.1, -0.05) is 6.08 Å². The highest BCUT2D eigenvalue weighted by Gasteiger charge is 2.34. The van der Waals surface area contributed by atoms with E-state index in [2.05, 4.69) is 6.58 Å². The first-order valence-corrected chi connectivity index (χ1v) is 5.91. The molecule has 0 radical (unpaired) electrons. The maximum atomic E-state index is 12.2.